The van der Waals surface area contributed by atoms with Gasteiger partial charge in [0.15, 0.2) is 0 Å². The van der Waals surface area contributed by atoms with Crippen LogP contribution in [0.15, 0.2) is 18.2 Å². The van der Waals surface area contributed by atoms with Crippen LogP contribution in [-0.2, 0) is 14.3 Å². The van der Waals surface area contributed by atoms with Crippen molar-refractivity contribution < 1.29 is 14.3 Å². The highest BCUT2D eigenvalue weighted by molar-refractivity contribution is 6.10. The van der Waals surface area contributed by atoms with Crippen LogP contribution in [0.25, 0.3) is 0 Å². The van der Waals surface area contributed by atoms with E-state index < -0.39 is 5.41 Å². The van der Waals surface area contributed by atoms with Gasteiger partial charge in [0.25, 0.3) is 0 Å². The Bertz CT molecular complexity index is 524. The van der Waals surface area contributed by atoms with Crippen LogP contribution in [0.5, 0.6) is 0 Å². The van der Waals surface area contributed by atoms with Gasteiger partial charge in [0.1, 0.15) is 5.41 Å². The van der Waals surface area contributed by atoms with Crippen molar-refractivity contribution in [1.82, 2.24) is 5.32 Å². The lowest BCUT2D eigenvalue weighted by molar-refractivity contribution is -0.138. The molecule has 0 spiro atoms. The Morgan fingerprint density at radius 3 is 2.48 bits per heavy atom. The van der Waals surface area contributed by atoms with Gasteiger partial charge >= 0.3 is 0 Å². The molecule has 2 amide bonds. The Labute approximate surface area is 126 Å². The Balaban J connectivity index is 2.76. The number of hydrogen-bond donors (Lipinski definition) is 2. The molecule has 0 saturated heterocycles. The molecule has 1 aromatic rings. The highest BCUT2D eigenvalue weighted by atomic mass is 16.5. The summed E-state index contributed by atoms with van der Waals surface area (Å²) >= 11 is 0. The van der Waals surface area contributed by atoms with E-state index in [1.54, 1.807) is 21.0 Å². The number of nitrogens with one attached hydrogen (secondary N) is 2. The molecule has 0 aliphatic carbocycles. The predicted molar refractivity (Wildman–Crippen MR) is 83.2 cm³/mol. The molecule has 1 aromatic carbocycles. The van der Waals surface area contributed by atoms with Gasteiger partial charge in [-0.3, -0.25) is 9.59 Å². The van der Waals surface area contributed by atoms with Crippen molar-refractivity contribution in [3.8, 4) is 0 Å². The molecular weight excluding hydrogens is 268 g/mol. The molecule has 0 bridgehead atoms. The SMILES string of the molecule is COCCNC(=O)C(C)(C)C(=O)Nc1cc(C)ccc1C. The van der Waals surface area contributed by atoms with E-state index in [0.717, 1.165) is 16.8 Å². The van der Waals surface area contributed by atoms with Gasteiger partial charge in [0.05, 0.1) is 6.61 Å². The van der Waals surface area contributed by atoms with Crippen LogP contribution in [0.4, 0.5) is 5.69 Å². The average molecular weight is 292 g/mol. The lowest BCUT2D eigenvalue weighted by Gasteiger charge is -2.23. The fraction of sp³-hybridized carbons (Fsp3) is 0.500. The molecule has 0 saturated carbocycles. The molecule has 0 unspecified atom stereocenters. The molecule has 21 heavy (non-hydrogen) atoms. The number of amides is 2. The van der Waals surface area contributed by atoms with E-state index in [4.69, 9.17) is 4.74 Å². The van der Waals surface area contributed by atoms with E-state index in [2.05, 4.69) is 10.6 Å². The zero-order valence-electron chi connectivity index (χ0n) is 13.4. The summed E-state index contributed by atoms with van der Waals surface area (Å²) in [6.45, 7) is 7.89. The van der Waals surface area contributed by atoms with E-state index in [1.165, 1.54) is 0 Å². The molecule has 0 aromatic heterocycles. The molecule has 0 aliphatic rings. The first-order valence-corrected chi connectivity index (χ1v) is 6.95. The van der Waals surface area contributed by atoms with Gasteiger partial charge in [-0.15, -0.1) is 0 Å². The summed E-state index contributed by atoms with van der Waals surface area (Å²) in [6, 6.07) is 5.82. The minimum Gasteiger partial charge on any atom is -0.383 e. The van der Waals surface area contributed by atoms with Crippen molar-refractivity contribution in [3.05, 3.63) is 29.3 Å². The van der Waals surface area contributed by atoms with Gasteiger partial charge in [-0.2, -0.15) is 0 Å². The van der Waals surface area contributed by atoms with E-state index in [0.29, 0.717) is 13.2 Å². The van der Waals surface area contributed by atoms with Gasteiger partial charge < -0.3 is 15.4 Å². The number of ether oxygens (including phenoxy) is 1. The molecule has 2 N–H and O–H groups in total. The number of carbonyl (C=O) groups is 2. The first-order chi connectivity index (χ1) is 9.78. The molecule has 0 radical (unpaired) electrons. The normalized spacial score (nSPS) is 11.1. The average Bonchev–Trinajstić information content (AvgIpc) is 2.42. The summed E-state index contributed by atoms with van der Waals surface area (Å²) in [5.74, 6) is -0.645. The number of benzene rings is 1. The van der Waals surface area contributed by atoms with E-state index >= 15 is 0 Å². The van der Waals surface area contributed by atoms with Gasteiger partial charge in [-0.1, -0.05) is 12.1 Å². The summed E-state index contributed by atoms with van der Waals surface area (Å²) in [5.41, 5.74) is 1.60. The van der Waals surface area contributed by atoms with Crippen LogP contribution in [-0.4, -0.2) is 32.1 Å². The summed E-state index contributed by atoms with van der Waals surface area (Å²) in [5, 5.41) is 5.52. The Kier molecular flexibility index (Phi) is 5.90. The lowest BCUT2D eigenvalue weighted by Crippen LogP contribution is -2.46. The fourth-order valence-corrected chi connectivity index (χ4v) is 1.74. The van der Waals surface area contributed by atoms with Gasteiger partial charge in [-0.05, 0) is 44.9 Å². The zero-order chi connectivity index (χ0) is 16.0. The first kappa shape index (κ1) is 17.2. The van der Waals surface area contributed by atoms with Crippen LogP contribution in [0, 0.1) is 19.3 Å². The number of anilines is 1. The molecule has 1 rings (SSSR count). The second-order valence-electron chi connectivity index (χ2n) is 5.65. The van der Waals surface area contributed by atoms with Gasteiger partial charge in [0.2, 0.25) is 11.8 Å². The number of rotatable bonds is 6. The highest BCUT2D eigenvalue weighted by Gasteiger charge is 2.36. The Hall–Kier alpha value is -1.88. The smallest absolute Gasteiger partial charge is 0.239 e. The molecule has 0 heterocycles. The third-order valence-corrected chi connectivity index (χ3v) is 3.37. The largest absolute Gasteiger partial charge is 0.383 e. The van der Waals surface area contributed by atoms with Crippen molar-refractivity contribution in [2.24, 2.45) is 5.41 Å². The van der Waals surface area contributed by atoms with Crippen molar-refractivity contribution in [2.75, 3.05) is 25.6 Å². The van der Waals surface area contributed by atoms with Crippen LogP contribution in [0.3, 0.4) is 0 Å². The minimum atomic E-state index is -1.15. The third kappa shape index (κ3) is 4.56. The molecule has 116 valence electrons. The van der Waals surface area contributed by atoms with E-state index in [-0.39, 0.29) is 11.8 Å². The van der Waals surface area contributed by atoms with Crippen LogP contribution >= 0.6 is 0 Å². The summed E-state index contributed by atoms with van der Waals surface area (Å²) in [6.07, 6.45) is 0. The predicted octanol–water partition coefficient (Wildman–Crippen LogP) is 2.03. The fourth-order valence-electron chi connectivity index (χ4n) is 1.74. The highest BCUT2D eigenvalue weighted by Crippen LogP contribution is 2.22. The summed E-state index contributed by atoms with van der Waals surface area (Å²) in [7, 11) is 1.56. The molecule has 5 heteroatoms. The lowest BCUT2D eigenvalue weighted by atomic mass is 9.90. The zero-order valence-corrected chi connectivity index (χ0v) is 13.4. The Morgan fingerprint density at radius 1 is 1.19 bits per heavy atom. The molecule has 0 atom stereocenters. The third-order valence-electron chi connectivity index (χ3n) is 3.37. The standard InChI is InChI=1S/C16H24N2O3/c1-11-6-7-12(2)13(10-11)18-15(20)16(3,4)14(19)17-8-9-21-5/h6-7,10H,8-9H2,1-5H3,(H,17,19)(H,18,20). The van der Waals surface area contributed by atoms with E-state index in [9.17, 15) is 9.59 Å². The summed E-state index contributed by atoms with van der Waals surface area (Å²) in [4.78, 5) is 24.5. The van der Waals surface area contributed by atoms with Gasteiger partial charge in [-0.25, -0.2) is 0 Å². The van der Waals surface area contributed by atoms with Gasteiger partial charge in [0, 0.05) is 19.3 Å². The monoisotopic (exact) mass is 292 g/mol. The van der Waals surface area contributed by atoms with E-state index in [1.807, 2.05) is 32.0 Å². The topological polar surface area (TPSA) is 67.4 Å². The molecule has 0 aliphatic heterocycles. The first-order valence-electron chi connectivity index (χ1n) is 6.95. The van der Waals surface area contributed by atoms with Crippen molar-refractivity contribution in [2.45, 2.75) is 27.7 Å². The molecule has 0 fully saturated rings. The van der Waals surface area contributed by atoms with Crippen molar-refractivity contribution in [1.29, 1.82) is 0 Å². The number of aryl methyl sites for hydroxylation is 2. The van der Waals surface area contributed by atoms with Crippen LogP contribution in [0.2, 0.25) is 0 Å². The second-order valence-corrected chi connectivity index (χ2v) is 5.65. The number of methoxy groups -OCH3 is 1. The number of carbonyl (C=O) groups excluding carboxylic acids is 2. The van der Waals surface area contributed by atoms with Crippen molar-refractivity contribution in [3.63, 3.8) is 0 Å². The maximum Gasteiger partial charge on any atom is 0.239 e. The maximum atomic E-state index is 12.4. The maximum absolute atomic E-state index is 12.4. The van der Waals surface area contributed by atoms with Crippen LogP contribution < -0.4 is 10.6 Å². The summed E-state index contributed by atoms with van der Waals surface area (Å²) < 4.78 is 4.87. The quantitative estimate of drug-likeness (QED) is 0.623. The minimum absolute atomic E-state index is 0.317. The second kappa shape index (κ2) is 7.22. The van der Waals surface area contributed by atoms with Crippen molar-refractivity contribution >= 4 is 17.5 Å². The Morgan fingerprint density at radius 2 is 1.86 bits per heavy atom. The number of hydrogen-bond acceptors (Lipinski definition) is 3. The van der Waals surface area contributed by atoms with Crippen LogP contribution in [0.1, 0.15) is 25.0 Å². The molecule has 5 nitrogen and oxygen atoms in total. The molecular formula is C16H24N2O3.